The fourth-order valence-electron chi connectivity index (χ4n) is 1.92. The van der Waals surface area contributed by atoms with Crippen LogP contribution in [-0.4, -0.2) is 23.1 Å². The largest absolute Gasteiger partial charge is 0.457 e. The van der Waals surface area contributed by atoms with Crippen LogP contribution in [0.2, 0.25) is 0 Å². The van der Waals surface area contributed by atoms with Crippen molar-refractivity contribution < 1.29 is 14.3 Å². The summed E-state index contributed by atoms with van der Waals surface area (Å²) in [5, 5.41) is 20.7. The molecule has 25 heavy (non-hydrogen) atoms. The molecule has 0 radical (unpaired) electrons. The Hall–Kier alpha value is -2.74. The van der Waals surface area contributed by atoms with Gasteiger partial charge in [-0.3, -0.25) is 9.59 Å². The summed E-state index contributed by atoms with van der Waals surface area (Å²) in [7, 11) is 0. The number of thioether (sulfide) groups is 2. The molecule has 0 aromatic heterocycles. The molecule has 0 saturated heterocycles. The number of ether oxygens (including phenoxy) is 1. The van der Waals surface area contributed by atoms with E-state index in [0.717, 1.165) is 23.5 Å². The van der Waals surface area contributed by atoms with Gasteiger partial charge in [0, 0.05) is 11.1 Å². The van der Waals surface area contributed by atoms with Crippen LogP contribution < -0.4 is 4.74 Å². The second kappa shape index (κ2) is 9.53. The Kier molecular flexibility index (Phi) is 7.09. The lowest BCUT2D eigenvalue weighted by Gasteiger charge is -2.07. The Morgan fingerprint density at radius 1 is 0.760 bits per heavy atom. The van der Waals surface area contributed by atoms with Crippen LogP contribution in [0.25, 0.3) is 0 Å². The molecule has 0 unspecified atom stereocenters. The Bertz CT molecular complexity index is 763. The Balaban J connectivity index is 1.98. The topological polar surface area (TPSA) is 90.9 Å². The van der Waals surface area contributed by atoms with Gasteiger partial charge in [0.2, 0.25) is 0 Å². The number of hydrogen-bond donors (Lipinski definition) is 0. The Morgan fingerprint density at radius 3 is 1.44 bits per heavy atom. The van der Waals surface area contributed by atoms with Gasteiger partial charge in [0.1, 0.15) is 22.3 Å². The zero-order valence-corrected chi connectivity index (χ0v) is 14.6. The molecule has 0 aliphatic heterocycles. The summed E-state index contributed by atoms with van der Waals surface area (Å²) in [6, 6.07) is 13.3. The molecule has 7 heteroatoms. The fourth-order valence-corrected chi connectivity index (χ4v) is 2.64. The number of hydrogen-bond acceptors (Lipinski definition) is 7. The van der Waals surface area contributed by atoms with Crippen molar-refractivity contribution in [3.8, 4) is 22.3 Å². The molecule has 2 rings (SSSR count). The van der Waals surface area contributed by atoms with Gasteiger partial charge in [-0.15, -0.1) is 0 Å². The highest BCUT2D eigenvalue weighted by molar-refractivity contribution is 8.04. The molecule has 0 amide bonds. The monoisotopic (exact) mass is 368 g/mol. The summed E-state index contributed by atoms with van der Waals surface area (Å²) in [4.78, 5) is 23.6. The molecule has 0 fully saturated rings. The molecule has 0 atom stereocenters. The lowest BCUT2D eigenvalue weighted by molar-refractivity contribution is 0.101. The third-order valence-corrected chi connectivity index (χ3v) is 4.20. The van der Waals surface area contributed by atoms with Gasteiger partial charge < -0.3 is 4.74 Å². The highest BCUT2D eigenvalue weighted by Gasteiger charge is 2.08. The summed E-state index contributed by atoms with van der Waals surface area (Å²) in [6.45, 7) is 0. The van der Waals surface area contributed by atoms with E-state index in [-0.39, 0.29) is 23.1 Å². The zero-order chi connectivity index (χ0) is 18.1. The van der Waals surface area contributed by atoms with E-state index in [4.69, 9.17) is 15.3 Å². The van der Waals surface area contributed by atoms with Crippen LogP contribution in [0, 0.1) is 21.3 Å². The zero-order valence-electron chi connectivity index (χ0n) is 13.0. The number of nitriles is 2. The van der Waals surface area contributed by atoms with E-state index >= 15 is 0 Å². The summed E-state index contributed by atoms with van der Waals surface area (Å²) in [5.74, 6) is 1.13. The van der Waals surface area contributed by atoms with E-state index in [2.05, 4.69) is 0 Å². The predicted molar refractivity (Wildman–Crippen MR) is 97.8 cm³/mol. The van der Waals surface area contributed by atoms with Crippen molar-refractivity contribution in [3.05, 3.63) is 59.7 Å². The predicted octanol–water partition coefficient (Wildman–Crippen LogP) is 4.27. The third-order valence-electron chi connectivity index (χ3n) is 3.12. The molecule has 0 spiro atoms. The SMILES string of the molecule is N#CSCC(=O)c1ccc(Oc2ccc(C(=O)CSC#N)cc2)cc1. The average molecular weight is 368 g/mol. The molecule has 0 aliphatic rings. The van der Waals surface area contributed by atoms with Crippen molar-refractivity contribution in [3.63, 3.8) is 0 Å². The van der Waals surface area contributed by atoms with Crippen LogP contribution in [0.3, 0.4) is 0 Å². The minimum Gasteiger partial charge on any atom is -0.457 e. The summed E-state index contributed by atoms with van der Waals surface area (Å²) < 4.78 is 5.67. The summed E-state index contributed by atoms with van der Waals surface area (Å²) in [5.41, 5.74) is 1.04. The molecule has 2 aromatic carbocycles. The molecule has 124 valence electrons. The first kappa shape index (κ1) is 18.6. The van der Waals surface area contributed by atoms with Crippen LogP contribution in [0.15, 0.2) is 48.5 Å². The first-order valence-electron chi connectivity index (χ1n) is 7.10. The standard InChI is InChI=1S/C18H12N2O3S2/c19-11-24-9-17(21)13-1-5-15(6-2-13)23-16-7-3-14(4-8-16)18(22)10-25-12-20/h1-8H,9-10H2. The van der Waals surface area contributed by atoms with Crippen LogP contribution in [0.5, 0.6) is 11.5 Å². The van der Waals surface area contributed by atoms with Crippen LogP contribution in [0.4, 0.5) is 0 Å². The Labute approximate surface area is 153 Å². The number of Topliss-reactive ketones (excluding diaryl/α,β-unsaturated/α-hetero) is 2. The second-order valence-electron chi connectivity index (χ2n) is 4.76. The molecule has 2 aromatic rings. The van der Waals surface area contributed by atoms with Crippen LogP contribution in [-0.2, 0) is 0 Å². The molecule has 0 bridgehead atoms. The van der Waals surface area contributed by atoms with Crippen molar-refractivity contribution >= 4 is 35.1 Å². The van der Waals surface area contributed by atoms with Gasteiger partial charge in [0.25, 0.3) is 0 Å². The minimum absolute atomic E-state index is 0.115. The number of rotatable bonds is 8. The van der Waals surface area contributed by atoms with Gasteiger partial charge in [0.05, 0.1) is 11.5 Å². The van der Waals surface area contributed by atoms with Gasteiger partial charge in [-0.1, -0.05) is 0 Å². The smallest absolute Gasteiger partial charge is 0.173 e. The molecule has 0 saturated carbocycles. The van der Waals surface area contributed by atoms with Crippen LogP contribution in [0.1, 0.15) is 20.7 Å². The quantitative estimate of drug-likeness (QED) is 0.507. The Morgan fingerprint density at radius 2 is 1.12 bits per heavy atom. The number of carbonyl (C=O) groups excluding carboxylic acids is 2. The highest BCUT2D eigenvalue weighted by atomic mass is 32.2. The van der Waals surface area contributed by atoms with Gasteiger partial charge in [-0.25, -0.2) is 0 Å². The summed E-state index contributed by atoms with van der Waals surface area (Å²) in [6.07, 6.45) is 0. The lowest BCUT2D eigenvalue weighted by Crippen LogP contribution is -2.02. The van der Waals surface area contributed by atoms with Crippen molar-refractivity contribution in [1.29, 1.82) is 10.5 Å². The van der Waals surface area contributed by atoms with E-state index in [1.165, 1.54) is 0 Å². The first-order valence-corrected chi connectivity index (χ1v) is 9.07. The average Bonchev–Trinajstić information content (AvgIpc) is 2.65. The van der Waals surface area contributed by atoms with Crippen molar-refractivity contribution in [1.82, 2.24) is 0 Å². The van der Waals surface area contributed by atoms with E-state index < -0.39 is 0 Å². The molecular formula is C18H12N2O3S2. The first-order chi connectivity index (χ1) is 12.1. The van der Waals surface area contributed by atoms with Crippen molar-refractivity contribution in [2.75, 3.05) is 11.5 Å². The van der Waals surface area contributed by atoms with E-state index in [0.29, 0.717) is 22.6 Å². The van der Waals surface area contributed by atoms with E-state index in [9.17, 15) is 9.59 Å². The number of thiocyanates is 2. The van der Waals surface area contributed by atoms with Gasteiger partial charge >= 0.3 is 0 Å². The molecule has 0 N–H and O–H groups in total. The molecular weight excluding hydrogens is 356 g/mol. The maximum atomic E-state index is 11.8. The van der Waals surface area contributed by atoms with E-state index in [1.807, 2.05) is 10.8 Å². The molecule has 0 heterocycles. The lowest BCUT2D eigenvalue weighted by atomic mass is 10.1. The maximum Gasteiger partial charge on any atom is 0.173 e. The maximum absolute atomic E-state index is 11.8. The van der Waals surface area contributed by atoms with Crippen molar-refractivity contribution in [2.24, 2.45) is 0 Å². The number of benzene rings is 2. The van der Waals surface area contributed by atoms with E-state index in [1.54, 1.807) is 48.5 Å². The van der Waals surface area contributed by atoms with Gasteiger partial charge in [-0.05, 0) is 72.1 Å². The normalized spacial score (nSPS) is 9.68. The fraction of sp³-hybridized carbons (Fsp3) is 0.111. The number of ketones is 2. The van der Waals surface area contributed by atoms with Crippen molar-refractivity contribution in [2.45, 2.75) is 0 Å². The third kappa shape index (κ3) is 5.68. The summed E-state index contributed by atoms with van der Waals surface area (Å²) >= 11 is 1.81. The van der Waals surface area contributed by atoms with Gasteiger partial charge in [-0.2, -0.15) is 10.5 Å². The highest BCUT2D eigenvalue weighted by Crippen LogP contribution is 2.23. The molecule has 0 aliphatic carbocycles. The molecule has 5 nitrogen and oxygen atoms in total. The van der Waals surface area contributed by atoms with Gasteiger partial charge in [0.15, 0.2) is 11.6 Å². The second-order valence-corrected chi connectivity index (χ2v) is 6.28. The number of carbonyl (C=O) groups is 2. The minimum atomic E-state index is -0.115. The van der Waals surface area contributed by atoms with Crippen LogP contribution >= 0.6 is 23.5 Å². The number of nitrogens with zero attached hydrogens (tertiary/aromatic N) is 2.